The molecule has 0 aromatic carbocycles. The van der Waals surface area contributed by atoms with Gasteiger partial charge in [0.2, 0.25) is 0 Å². The van der Waals surface area contributed by atoms with Gasteiger partial charge in [-0.3, -0.25) is 4.79 Å². The largest absolute Gasteiger partial charge is 0.478 e. The molecule has 0 radical (unpaired) electrons. The minimum Gasteiger partial charge on any atom is -0.478 e. The number of carbonyl (C=O) groups excluding carboxylic acids is 1. The highest BCUT2D eigenvalue weighted by Gasteiger charge is 2.50. The molecule has 4 aliphatic rings. The van der Waals surface area contributed by atoms with Crippen LogP contribution < -0.4 is 0 Å². The van der Waals surface area contributed by atoms with Gasteiger partial charge in [-0.2, -0.15) is 0 Å². The van der Waals surface area contributed by atoms with Crippen molar-refractivity contribution in [1.82, 2.24) is 0 Å². The Morgan fingerprint density at radius 1 is 1.06 bits per heavy atom. The van der Waals surface area contributed by atoms with Crippen molar-refractivity contribution in [2.24, 2.45) is 23.2 Å². The van der Waals surface area contributed by atoms with E-state index in [1.54, 1.807) is 6.08 Å². The predicted molar refractivity (Wildman–Crippen MR) is 62.4 cm³/mol. The average Bonchev–Trinajstić information content (AvgIpc) is 2.23. The van der Waals surface area contributed by atoms with Crippen molar-refractivity contribution in [1.29, 1.82) is 0 Å². The molecule has 0 aromatic heterocycles. The maximum atomic E-state index is 11.0. The van der Waals surface area contributed by atoms with Crippen molar-refractivity contribution in [2.45, 2.75) is 38.5 Å². The number of carboxylic acid groups (broad SMARTS) is 1. The highest BCUT2D eigenvalue weighted by atomic mass is 16.4. The average molecular weight is 234 g/mol. The number of carbonyl (C=O) groups is 2. The van der Waals surface area contributed by atoms with Crippen molar-refractivity contribution in [2.75, 3.05) is 0 Å². The molecule has 0 atom stereocenters. The van der Waals surface area contributed by atoms with Crippen LogP contribution in [0.25, 0.3) is 0 Å². The van der Waals surface area contributed by atoms with E-state index in [9.17, 15) is 9.59 Å². The first-order chi connectivity index (χ1) is 8.10. The van der Waals surface area contributed by atoms with E-state index in [4.69, 9.17) is 5.11 Å². The van der Waals surface area contributed by atoms with Crippen LogP contribution in [-0.4, -0.2) is 17.4 Å². The Hall–Kier alpha value is -1.12. The van der Waals surface area contributed by atoms with E-state index in [-0.39, 0.29) is 11.0 Å². The first-order valence-electron chi connectivity index (χ1n) is 6.51. The molecular weight excluding hydrogens is 216 g/mol. The van der Waals surface area contributed by atoms with Gasteiger partial charge in [-0.15, -0.1) is 0 Å². The van der Waals surface area contributed by atoms with Gasteiger partial charge >= 0.3 is 5.97 Å². The highest BCUT2D eigenvalue weighted by Crippen LogP contribution is 2.60. The minimum absolute atomic E-state index is 0.0311. The van der Waals surface area contributed by atoms with Gasteiger partial charge in [0, 0.05) is 0 Å². The van der Waals surface area contributed by atoms with Crippen molar-refractivity contribution in [3.8, 4) is 0 Å². The summed E-state index contributed by atoms with van der Waals surface area (Å²) in [7, 11) is 0. The summed E-state index contributed by atoms with van der Waals surface area (Å²) in [6.45, 7) is 0. The molecule has 3 nitrogen and oxygen atoms in total. The molecule has 0 heterocycles. The van der Waals surface area contributed by atoms with Gasteiger partial charge in [-0.05, 0) is 61.7 Å². The second-order valence-electron chi connectivity index (χ2n) is 6.30. The molecule has 4 fully saturated rings. The van der Waals surface area contributed by atoms with Crippen LogP contribution in [0.15, 0.2) is 11.6 Å². The lowest BCUT2D eigenvalue weighted by Gasteiger charge is -2.55. The first kappa shape index (κ1) is 11.0. The summed E-state index contributed by atoms with van der Waals surface area (Å²) >= 11 is 0. The van der Waals surface area contributed by atoms with E-state index in [0.29, 0.717) is 6.29 Å². The lowest BCUT2D eigenvalue weighted by molar-refractivity contribution is -0.133. The summed E-state index contributed by atoms with van der Waals surface area (Å²) in [6.07, 6.45) is 9.58. The molecule has 1 N–H and O–H groups in total. The third-order valence-corrected chi connectivity index (χ3v) is 4.92. The van der Waals surface area contributed by atoms with E-state index in [2.05, 4.69) is 0 Å². The van der Waals surface area contributed by atoms with Crippen LogP contribution in [0.4, 0.5) is 0 Å². The Labute approximate surface area is 101 Å². The molecule has 0 aromatic rings. The third kappa shape index (κ3) is 1.81. The number of allylic oxidation sites excluding steroid dienone is 1. The summed E-state index contributed by atoms with van der Waals surface area (Å²) in [4.78, 5) is 21.8. The summed E-state index contributed by atoms with van der Waals surface area (Å²) in [5.74, 6) is 1.26. The Balaban J connectivity index is 1.91. The fourth-order valence-corrected chi connectivity index (χ4v) is 4.83. The number of rotatable bonds is 3. The van der Waals surface area contributed by atoms with Crippen LogP contribution in [0.2, 0.25) is 0 Å². The maximum Gasteiger partial charge on any atom is 0.338 e. The smallest absolute Gasteiger partial charge is 0.338 e. The highest BCUT2D eigenvalue weighted by molar-refractivity contribution is 6.06. The number of hydrogen-bond acceptors (Lipinski definition) is 2. The van der Waals surface area contributed by atoms with Crippen molar-refractivity contribution < 1.29 is 14.7 Å². The van der Waals surface area contributed by atoms with Crippen LogP contribution in [-0.2, 0) is 9.59 Å². The normalized spacial score (nSPS) is 43.8. The monoisotopic (exact) mass is 234 g/mol. The molecule has 4 aliphatic carbocycles. The Morgan fingerprint density at radius 3 is 1.88 bits per heavy atom. The van der Waals surface area contributed by atoms with E-state index in [1.165, 1.54) is 19.3 Å². The van der Waals surface area contributed by atoms with Gasteiger partial charge in [0.25, 0.3) is 0 Å². The van der Waals surface area contributed by atoms with Crippen molar-refractivity contribution in [3.63, 3.8) is 0 Å². The summed E-state index contributed by atoms with van der Waals surface area (Å²) in [5, 5.41) is 8.98. The molecule has 0 aliphatic heterocycles. The van der Waals surface area contributed by atoms with Crippen LogP contribution in [0.3, 0.4) is 0 Å². The molecule has 4 saturated carbocycles. The predicted octanol–water partition coefficient (Wildman–Crippen LogP) is 2.41. The van der Waals surface area contributed by atoms with Crippen LogP contribution in [0.5, 0.6) is 0 Å². The van der Waals surface area contributed by atoms with Gasteiger partial charge in [0.1, 0.15) is 0 Å². The molecule has 3 heteroatoms. The number of aliphatic carboxylic acids is 1. The Kier molecular flexibility index (Phi) is 2.39. The number of hydrogen-bond donors (Lipinski definition) is 1. The summed E-state index contributed by atoms with van der Waals surface area (Å²) < 4.78 is 0. The molecule has 0 spiro atoms. The Bertz CT molecular complexity index is 359. The maximum absolute atomic E-state index is 11.0. The number of aldehydes is 1. The molecule has 4 bridgehead atoms. The van der Waals surface area contributed by atoms with Crippen molar-refractivity contribution in [3.05, 3.63) is 11.6 Å². The van der Waals surface area contributed by atoms with Gasteiger partial charge in [-0.25, -0.2) is 4.79 Å². The molecular formula is C14H18O3. The zero-order chi connectivity index (χ0) is 12.0. The topological polar surface area (TPSA) is 54.4 Å². The molecule has 0 saturated heterocycles. The summed E-state index contributed by atoms with van der Waals surface area (Å²) in [6, 6.07) is 0. The van der Waals surface area contributed by atoms with E-state index >= 15 is 0 Å². The molecule has 92 valence electrons. The van der Waals surface area contributed by atoms with Gasteiger partial charge < -0.3 is 5.11 Å². The SMILES string of the molecule is O=CC(=CC12CC3CC(CC(C3)C1)C2)C(=O)O. The Morgan fingerprint density at radius 2 is 1.53 bits per heavy atom. The molecule has 0 amide bonds. The van der Waals surface area contributed by atoms with Gasteiger partial charge in [0.15, 0.2) is 6.29 Å². The zero-order valence-corrected chi connectivity index (χ0v) is 9.89. The second kappa shape index (κ2) is 3.69. The lowest BCUT2D eigenvalue weighted by Crippen LogP contribution is -2.45. The minimum atomic E-state index is -1.07. The van der Waals surface area contributed by atoms with Crippen LogP contribution >= 0.6 is 0 Å². The zero-order valence-electron chi connectivity index (χ0n) is 9.89. The van der Waals surface area contributed by atoms with Crippen LogP contribution in [0.1, 0.15) is 38.5 Å². The van der Waals surface area contributed by atoms with Gasteiger partial charge in [0.05, 0.1) is 5.57 Å². The first-order valence-corrected chi connectivity index (χ1v) is 6.51. The summed E-state index contributed by atoms with van der Waals surface area (Å²) in [5.41, 5.74) is -0.00410. The number of carboxylic acids is 1. The van der Waals surface area contributed by atoms with E-state index in [0.717, 1.165) is 37.0 Å². The quantitative estimate of drug-likeness (QED) is 0.353. The van der Waals surface area contributed by atoms with Gasteiger partial charge in [-0.1, -0.05) is 6.08 Å². The van der Waals surface area contributed by atoms with E-state index in [1.807, 2.05) is 0 Å². The third-order valence-electron chi connectivity index (χ3n) is 4.92. The van der Waals surface area contributed by atoms with Crippen LogP contribution in [0, 0.1) is 23.2 Å². The molecule has 0 unspecified atom stereocenters. The fraction of sp³-hybridized carbons (Fsp3) is 0.714. The lowest BCUT2D eigenvalue weighted by atomic mass is 9.49. The second-order valence-corrected chi connectivity index (χ2v) is 6.30. The molecule has 4 rings (SSSR count). The fourth-order valence-electron chi connectivity index (χ4n) is 4.83. The molecule has 17 heavy (non-hydrogen) atoms. The standard InChI is InChI=1S/C14H18O3/c15-8-12(13(16)17)7-14-4-9-1-10(5-14)3-11(2-9)6-14/h7-11H,1-6H2,(H,16,17). The van der Waals surface area contributed by atoms with E-state index < -0.39 is 5.97 Å². The van der Waals surface area contributed by atoms with Crippen molar-refractivity contribution >= 4 is 12.3 Å².